The fourth-order valence-corrected chi connectivity index (χ4v) is 22.0. The number of rotatable bonds is 28. The number of ether oxygens (including phenoxy) is 5. The number of nitrogens with zero attached hydrogens (tertiary/aromatic N) is 18. The Balaban J connectivity index is 0.000000111. The van der Waals surface area contributed by atoms with Gasteiger partial charge >= 0.3 is 0 Å². The number of amides is 6. The molecule has 5 saturated heterocycles. The maximum absolute atomic E-state index is 12.5. The molecule has 7 aliphatic carbocycles. The van der Waals surface area contributed by atoms with E-state index in [4.69, 9.17) is 58.5 Å². The largest absolute Gasteiger partial charge is 0.381 e. The number of hydrogen-bond acceptors (Lipinski definition) is 23. The highest BCUT2D eigenvalue weighted by Gasteiger charge is 2.39. The Morgan fingerprint density at radius 1 is 0.295 bits per heavy atom. The summed E-state index contributed by atoms with van der Waals surface area (Å²) in [7, 11) is 0. The van der Waals surface area contributed by atoms with E-state index in [0.29, 0.717) is 132 Å². The van der Waals surface area contributed by atoms with Crippen LogP contribution in [0.1, 0.15) is 344 Å². The number of aryl methyl sites for hydroxylation is 3. The van der Waals surface area contributed by atoms with E-state index in [9.17, 15) is 28.8 Å². The summed E-state index contributed by atoms with van der Waals surface area (Å²) < 4.78 is 40.9. The number of hydrogen-bond donors (Lipinski definition) is 6. The quantitative estimate of drug-likeness (QED) is 0.0248. The summed E-state index contributed by atoms with van der Waals surface area (Å²) in [6.45, 7) is 17.5. The van der Waals surface area contributed by atoms with Crippen molar-refractivity contribution in [2.75, 3.05) is 58.3 Å². The van der Waals surface area contributed by atoms with Crippen LogP contribution in [0.2, 0.25) is 15.5 Å². The van der Waals surface area contributed by atoms with E-state index in [1.807, 2.05) is 89.1 Å². The predicted molar refractivity (Wildman–Crippen MR) is 565 cm³/mol. The molecule has 0 bridgehead atoms. The van der Waals surface area contributed by atoms with Gasteiger partial charge in [-0.05, 0) is 332 Å². The first kappa shape index (κ1) is 104. The molecule has 7 saturated carbocycles. The molecular weight excluding hydrogens is 1920 g/mol. The van der Waals surface area contributed by atoms with Gasteiger partial charge in [-0.15, -0.1) is 0 Å². The summed E-state index contributed by atoms with van der Waals surface area (Å²) >= 11 is 18.1. The van der Waals surface area contributed by atoms with Crippen LogP contribution in [0.25, 0.3) is 67.0 Å². The fraction of sp³-hybridized carbons (Fsp3) is 0.611. The molecule has 17 heterocycles. The Hall–Kier alpha value is -10.8. The minimum atomic E-state index is -0.134. The van der Waals surface area contributed by atoms with Gasteiger partial charge < -0.3 is 23.7 Å². The number of anilines is 6. The van der Waals surface area contributed by atoms with Gasteiger partial charge in [0.2, 0.25) is 71.1 Å². The van der Waals surface area contributed by atoms with E-state index in [1.165, 1.54) is 64.2 Å². The molecule has 5 aliphatic heterocycles. The second kappa shape index (κ2) is 47.0. The molecule has 780 valence electrons. The van der Waals surface area contributed by atoms with Gasteiger partial charge in [0.15, 0.2) is 33.9 Å². The highest BCUT2D eigenvalue weighted by molar-refractivity contribution is 6.30. The third-order valence-corrected chi connectivity index (χ3v) is 31.7. The van der Waals surface area contributed by atoms with Gasteiger partial charge in [0.25, 0.3) is 0 Å². The monoisotopic (exact) mass is 2060 g/mol. The highest BCUT2D eigenvalue weighted by atomic mass is 35.5. The lowest BCUT2D eigenvalue weighted by Crippen LogP contribution is -2.26. The molecule has 35 nitrogen and oxygen atoms in total. The zero-order valence-electron chi connectivity index (χ0n) is 85.4. The van der Waals surface area contributed by atoms with Crippen LogP contribution in [0.15, 0.2) is 72.8 Å². The van der Waals surface area contributed by atoms with Crippen LogP contribution < -0.4 is 31.9 Å². The maximum atomic E-state index is 12.5. The van der Waals surface area contributed by atoms with Gasteiger partial charge in [0.05, 0.1) is 48.5 Å². The van der Waals surface area contributed by atoms with E-state index in [-0.39, 0.29) is 71.1 Å². The molecular formula is C108H141Cl3N24O11. The maximum Gasteiger partial charge on any atom is 0.229 e. The lowest BCUT2D eigenvalue weighted by molar-refractivity contribution is -0.120. The smallest absolute Gasteiger partial charge is 0.229 e. The van der Waals surface area contributed by atoms with Crippen LogP contribution in [0, 0.1) is 32.6 Å². The van der Waals surface area contributed by atoms with Crippen molar-refractivity contribution in [2.45, 2.75) is 384 Å². The number of aromatic nitrogens is 18. The van der Waals surface area contributed by atoms with Crippen LogP contribution in [0.3, 0.4) is 0 Å². The van der Waals surface area contributed by atoms with Gasteiger partial charge in [-0.2, -0.15) is 0 Å². The van der Waals surface area contributed by atoms with Crippen LogP contribution in [0.4, 0.5) is 35.7 Å². The van der Waals surface area contributed by atoms with E-state index >= 15 is 0 Å². The summed E-state index contributed by atoms with van der Waals surface area (Å²) in [5.74, 6) is 4.93. The van der Waals surface area contributed by atoms with Gasteiger partial charge in [0, 0.05) is 105 Å². The first-order valence-corrected chi connectivity index (χ1v) is 54.9. The van der Waals surface area contributed by atoms with E-state index in [2.05, 4.69) is 133 Å². The Morgan fingerprint density at radius 2 is 0.568 bits per heavy atom. The van der Waals surface area contributed by atoms with Crippen molar-refractivity contribution in [3.8, 4) is 0 Å². The minimum Gasteiger partial charge on any atom is -0.381 e. The molecule has 6 amide bonds. The van der Waals surface area contributed by atoms with Gasteiger partial charge in [-0.25, -0.2) is 59.8 Å². The first-order chi connectivity index (χ1) is 70.6. The summed E-state index contributed by atoms with van der Waals surface area (Å²) in [6.07, 6.45) is 41.5. The number of halogens is 3. The van der Waals surface area contributed by atoms with Gasteiger partial charge in [-0.3, -0.25) is 88.1 Å². The molecule has 12 aromatic rings. The first-order valence-electron chi connectivity index (χ1n) is 53.8. The SMILES string of the molecule is CC1(C)CC[C@@H](CC(=O)Nc2nc3ccc(Cl)nc3n2C2CCC2)O1.Cc1ccc2nc(NC(=O)CCC3CCCC3)n(C3CCC3)c2n1.Cc1ccc2nc(NC(=O)CCC3CCCO3)n(C3CCC3)c2n1.Cc1ccc2nc(NC(=O)C[C@@H]3CCC(C)(C)O3)n(C3CCC3)c2n1.O=C(CCC1CCCO1)Nc1nc2ccc(Cl)nc2n1C1CCC1.O=C(CCC1CCOC1)Nc1nc2ccc(Cl)nc2n1C1CCC1. The molecule has 12 aliphatic rings. The normalized spacial score (nSPS) is 21.4. The summed E-state index contributed by atoms with van der Waals surface area (Å²) in [6, 6.07) is 24.8. The lowest BCUT2D eigenvalue weighted by Gasteiger charge is -2.28. The van der Waals surface area contributed by atoms with E-state index in [1.54, 1.807) is 18.2 Å². The molecule has 0 aromatic carbocycles. The van der Waals surface area contributed by atoms with Crippen LogP contribution in [0.5, 0.6) is 0 Å². The predicted octanol–water partition coefficient (Wildman–Crippen LogP) is 22.9. The molecule has 0 radical (unpaired) electrons. The van der Waals surface area contributed by atoms with Crippen molar-refractivity contribution >= 4 is 173 Å². The third kappa shape index (κ3) is 25.7. The summed E-state index contributed by atoms with van der Waals surface area (Å²) in [5.41, 5.74) is 12.4. The number of fused-ring (bicyclic) bond motifs is 6. The lowest BCUT2D eigenvalue weighted by atomic mass is 9.93. The number of carbonyl (C=O) groups excluding carboxylic acids is 6. The third-order valence-electron chi connectivity index (χ3n) is 31.1. The van der Waals surface area contributed by atoms with Crippen molar-refractivity contribution in [1.82, 2.24) is 87.2 Å². The molecule has 24 rings (SSSR count). The second-order valence-electron chi connectivity index (χ2n) is 43.2. The number of carbonyl (C=O) groups is 6. The standard InChI is InChI=1S/C19H26N4O2.C19H26N4O.C18H23ClN4O2.C18H24N4O2.2C17H21ClN4O2/c1-12-7-8-15-17(20-12)23(13-5-4-6-13)18(21-15)22-16(24)11-14-9-10-19(2,3)25-14;1-13-9-11-16-18(20-13)23(15-7-4-8-15)19(21-16)22-17(24)12-10-14-5-2-3-6-14;1-18(2)9-8-12(25-18)10-15(24)22-17-20-13-6-7-14(19)21-16(13)23(17)11-4-3-5-11;1-12-7-9-15-17(19-12)22(13-4-2-5-13)18(20-15)21-16(23)10-8-14-6-3-11-24-14;18-14-8-7-13-16(20-14)22(11-3-1-4-11)17(19-13)21-15(23)9-6-12-5-2-10-24-12;18-14-6-5-13-16(20-14)22(12-2-1-3-12)17(19-13)21-15(23)7-4-11-8-9-24-10-11/h7-8,13-14H,4-6,9-11H2,1-3H3,(H,21,22,24);9,11,14-15H,2-8,10,12H2,1H3,(H,21,22,24);6-7,11-12H,3-5,8-10H2,1-2H3,(H,20,22,24);7,9,13-14H,2-6,8,10-11H2,1H3,(H,20,21,23);7-8,11-12H,1-6,9-10H2,(H,19,21,23);5-6,11-12H,1-4,7-10H2,(H,19,21,23)/t14-;;12-;;;/m0.0.../s1. The van der Waals surface area contributed by atoms with Crippen molar-refractivity contribution in [3.05, 3.63) is 105 Å². The Bertz CT molecular complexity index is 5990. The molecule has 12 fully saturated rings. The van der Waals surface area contributed by atoms with Crippen LogP contribution in [-0.4, -0.2) is 185 Å². The summed E-state index contributed by atoms with van der Waals surface area (Å²) in [4.78, 5) is 129. The molecule has 146 heavy (non-hydrogen) atoms. The van der Waals surface area contributed by atoms with Crippen molar-refractivity contribution in [1.29, 1.82) is 0 Å². The van der Waals surface area contributed by atoms with Crippen LogP contribution >= 0.6 is 34.8 Å². The average Bonchev–Trinajstić information content (AvgIpc) is 1.64. The number of imidazole rings is 6. The average molecular weight is 2060 g/mol. The zero-order valence-corrected chi connectivity index (χ0v) is 87.6. The van der Waals surface area contributed by atoms with Crippen molar-refractivity contribution in [2.24, 2.45) is 11.8 Å². The second-order valence-corrected chi connectivity index (χ2v) is 44.4. The molecule has 6 N–H and O–H groups in total. The molecule has 3 unspecified atom stereocenters. The van der Waals surface area contributed by atoms with Crippen LogP contribution in [-0.2, 0) is 52.5 Å². The van der Waals surface area contributed by atoms with Crippen molar-refractivity contribution < 1.29 is 52.5 Å². The number of pyridine rings is 6. The fourth-order valence-electron chi connectivity index (χ4n) is 21.6. The van der Waals surface area contributed by atoms with E-state index in [0.717, 1.165) is 277 Å². The highest BCUT2D eigenvalue weighted by Crippen LogP contribution is 2.45. The van der Waals surface area contributed by atoms with Gasteiger partial charge in [-0.1, -0.05) is 60.5 Å². The summed E-state index contributed by atoms with van der Waals surface area (Å²) in [5, 5.41) is 19.3. The number of nitrogens with one attached hydrogen (secondary N) is 6. The molecule has 38 heteroatoms. The molecule has 0 spiro atoms. The molecule has 5 atom stereocenters. The minimum absolute atomic E-state index is 0.00287. The van der Waals surface area contributed by atoms with E-state index < -0.39 is 0 Å². The Morgan fingerprint density at radius 3 is 0.822 bits per heavy atom. The molecule has 12 aromatic heterocycles. The Kier molecular flexibility index (Phi) is 33.4. The zero-order chi connectivity index (χ0) is 101. The Labute approximate surface area is 866 Å². The van der Waals surface area contributed by atoms with Gasteiger partial charge in [0.1, 0.15) is 48.6 Å². The van der Waals surface area contributed by atoms with Crippen molar-refractivity contribution in [3.63, 3.8) is 0 Å². The topological polar surface area (TPSA) is 405 Å².